The molecule has 0 aliphatic heterocycles. The van der Waals surface area contributed by atoms with Gasteiger partial charge in [0, 0.05) is 6.54 Å². The lowest BCUT2D eigenvalue weighted by Crippen LogP contribution is -2.35. The summed E-state index contributed by atoms with van der Waals surface area (Å²) < 4.78 is 0. The second-order valence-corrected chi connectivity index (χ2v) is 4.42. The summed E-state index contributed by atoms with van der Waals surface area (Å²) in [6.45, 7) is 4.47. The zero-order chi connectivity index (χ0) is 10.6. The van der Waals surface area contributed by atoms with E-state index in [1.54, 1.807) is 6.20 Å². The lowest BCUT2D eigenvalue weighted by atomic mass is 9.98. The van der Waals surface area contributed by atoms with Gasteiger partial charge in [0.2, 0.25) is 0 Å². The number of thiazole rings is 1. The van der Waals surface area contributed by atoms with E-state index in [9.17, 15) is 5.11 Å². The van der Waals surface area contributed by atoms with Crippen LogP contribution in [0.25, 0.3) is 0 Å². The Balaban J connectivity index is 2.47. The van der Waals surface area contributed by atoms with Crippen LogP contribution in [0.15, 0.2) is 6.20 Å². The molecule has 1 aromatic rings. The highest BCUT2D eigenvalue weighted by molar-refractivity contribution is 7.19. The van der Waals surface area contributed by atoms with Gasteiger partial charge in [0.15, 0.2) is 5.13 Å². The quantitative estimate of drug-likeness (QED) is 0.699. The summed E-state index contributed by atoms with van der Waals surface area (Å²) in [5, 5.41) is 14.5. The third kappa shape index (κ3) is 2.85. The molecule has 0 bridgehead atoms. The Morgan fingerprint density at radius 1 is 1.57 bits per heavy atom. The molecule has 0 amide bonds. The van der Waals surface area contributed by atoms with Gasteiger partial charge in [-0.1, -0.05) is 25.2 Å². The fourth-order valence-electron chi connectivity index (χ4n) is 1.11. The van der Waals surface area contributed by atoms with E-state index in [4.69, 9.17) is 5.73 Å². The molecule has 14 heavy (non-hydrogen) atoms. The van der Waals surface area contributed by atoms with Crippen molar-refractivity contribution in [2.24, 2.45) is 0 Å². The van der Waals surface area contributed by atoms with Gasteiger partial charge in [-0.05, 0) is 12.8 Å². The smallest absolute Gasteiger partial charge is 0.184 e. The molecule has 0 aliphatic carbocycles. The van der Waals surface area contributed by atoms with Crippen LogP contribution in [0.2, 0.25) is 0 Å². The molecule has 0 atom stereocenters. The molecule has 0 aliphatic rings. The topological polar surface area (TPSA) is 71.2 Å². The number of aliphatic hydroxyl groups is 1. The standard InChI is InChI=1S/C9H17N3OS/c1-3-9(13,4-2)6-12-8-11-5-7(10)14-8/h5,13H,3-4,6,10H2,1-2H3,(H,11,12). The van der Waals surface area contributed by atoms with Gasteiger partial charge in [0.1, 0.15) is 5.00 Å². The average molecular weight is 215 g/mol. The Morgan fingerprint density at radius 2 is 2.21 bits per heavy atom. The van der Waals surface area contributed by atoms with Crippen LogP contribution in [-0.4, -0.2) is 22.2 Å². The highest BCUT2D eigenvalue weighted by atomic mass is 32.1. The predicted octanol–water partition coefficient (Wildman–Crippen LogP) is 1.69. The minimum atomic E-state index is -0.638. The molecule has 0 spiro atoms. The molecule has 0 saturated carbocycles. The van der Waals surface area contributed by atoms with Crippen molar-refractivity contribution in [2.45, 2.75) is 32.3 Å². The Morgan fingerprint density at radius 3 is 2.64 bits per heavy atom. The van der Waals surface area contributed by atoms with Crippen molar-refractivity contribution in [3.05, 3.63) is 6.20 Å². The van der Waals surface area contributed by atoms with Gasteiger partial charge in [-0.25, -0.2) is 4.98 Å². The number of hydrogen-bond acceptors (Lipinski definition) is 5. The second-order valence-electron chi connectivity index (χ2n) is 3.35. The first-order chi connectivity index (χ1) is 6.59. The van der Waals surface area contributed by atoms with Crippen molar-refractivity contribution in [1.29, 1.82) is 0 Å². The van der Waals surface area contributed by atoms with E-state index in [2.05, 4.69) is 10.3 Å². The van der Waals surface area contributed by atoms with E-state index in [1.807, 2.05) is 13.8 Å². The molecule has 0 unspecified atom stereocenters. The maximum atomic E-state index is 9.98. The predicted molar refractivity (Wildman–Crippen MR) is 60.5 cm³/mol. The zero-order valence-corrected chi connectivity index (χ0v) is 9.40. The third-order valence-corrected chi connectivity index (χ3v) is 3.19. The lowest BCUT2D eigenvalue weighted by molar-refractivity contribution is 0.0457. The number of nitrogen functional groups attached to an aromatic ring is 1. The van der Waals surface area contributed by atoms with Crippen molar-refractivity contribution in [3.63, 3.8) is 0 Å². The Bertz CT molecular complexity index is 283. The number of aromatic nitrogens is 1. The van der Waals surface area contributed by atoms with E-state index in [0.29, 0.717) is 11.5 Å². The molecule has 1 rings (SSSR count). The Labute approximate surface area is 88.2 Å². The first-order valence-electron chi connectivity index (χ1n) is 4.77. The minimum absolute atomic E-state index is 0.521. The molecule has 4 N–H and O–H groups in total. The van der Waals surface area contributed by atoms with Crippen LogP contribution in [0.5, 0.6) is 0 Å². The van der Waals surface area contributed by atoms with Crippen molar-refractivity contribution in [2.75, 3.05) is 17.6 Å². The van der Waals surface area contributed by atoms with Gasteiger partial charge in [-0.2, -0.15) is 0 Å². The second kappa shape index (κ2) is 4.61. The Kier molecular flexibility index (Phi) is 3.71. The minimum Gasteiger partial charge on any atom is -0.389 e. The summed E-state index contributed by atoms with van der Waals surface area (Å²) in [4.78, 5) is 4.06. The van der Waals surface area contributed by atoms with Crippen LogP contribution in [0.4, 0.5) is 10.1 Å². The molecule has 0 saturated heterocycles. The molecular formula is C9H17N3OS. The van der Waals surface area contributed by atoms with E-state index >= 15 is 0 Å². The highest BCUT2D eigenvalue weighted by Crippen LogP contribution is 2.21. The fraction of sp³-hybridized carbons (Fsp3) is 0.667. The SMILES string of the molecule is CCC(O)(CC)CNc1ncc(N)s1. The summed E-state index contributed by atoms with van der Waals surface area (Å²) in [7, 11) is 0. The maximum Gasteiger partial charge on any atom is 0.184 e. The van der Waals surface area contributed by atoms with Crippen molar-refractivity contribution >= 4 is 21.5 Å². The first-order valence-corrected chi connectivity index (χ1v) is 5.59. The first kappa shape index (κ1) is 11.3. The highest BCUT2D eigenvalue weighted by Gasteiger charge is 2.21. The van der Waals surface area contributed by atoms with Crippen LogP contribution in [-0.2, 0) is 0 Å². The third-order valence-electron chi connectivity index (χ3n) is 2.41. The summed E-state index contributed by atoms with van der Waals surface area (Å²) in [5.74, 6) is 0. The molecule has 1 aromatic heterocycles. The van der Waals surface area contributed by atoms with Gasteiger partial charge < -0.3 is 16.2 Å². The monoisotopic (exact) mass is 215 g/mol. The van der Waals surface area contributed by atoms with Crippen LogP contribution in [0, 0.1) is 0 Å². The molecule has 80 valence electrons. The van der Waals surface area contributed by atoms with Gasteiger partial charge in [0.05, 0.1) is 11.8 Å². The number of nitrogens with two attached hydrogens (primary N) is 1. The zero-order valence-electron chi connectivity index (χ0n) is 8.58. The number of nitrogens with zero attached hydrogens (tertiary/aromatic N) is 1. The van der Waals surface area contributed by atoms with Crippen molar-refractivity contribution in [1.82, 2.24) is 4.98 Å². The van der Waals surface area contributed by atoms with E-state index in [0.717, 1.165) is 18.0 Å². The molecule has 0 fully saturated rings. The molecular weight excluding hydrogens is 198 g/mol. The average Bonchev–Trinajstić information content (AvgIpc) is 2.61. The molecule has 5 heteroatoms. The molecule has 4 nitrogen and oxygen atoms in total. The van der Waals surface area contributed by atoms with Gasteiger partial charge in [-0.3, -0.25) is 0 Å². The van der Waals surface area contributed by atoms with E-state index < -0.39 is 5.60 Å². The maximum absolute atomic E-state index is 9.98. The Hall–Kier alpha value is -0.810. The van der Waals surface area contributed by atoms with Gasteiger partial charge in [0.25, 0.3) is 0 Å². The van der Waals surface area contributed by atoms with Crippen molar-refractivity contribution in [3.8, 4) is 0 Å². The summed E-state index contributed by atoms with van der Waals surface area (Å²) in [6, 6.07) is 0. The summed E-state index contributed by atoms with van der Waals surface area (Å²) in [6.07, 6.45) is 3.08. The number of rotatable bonds is 5. The summed E-state index contributed by atoms with van der Waals surface area (Å²) in [5.41, 5.74) is 4.90. The van der Waals surface area contributed by atoms with Gasteiger partial charge >= 0.3 is 0 Å². The molecule has 0 aromatic carbocycles. The van der Waals surface area contributed by atoms with Crippen LogP contribution in [0.1, 0.15) is 26.7 Å². The van der Waals surface area contributed by atoms with Gasteiger partial charge in [-0.15, -0.1) is 0 Å². The number of anilines is 2. The van der Waals surface area contributed by atoms with Crippen LogP contribution < -0.4 is 11.1 Å². The largest absolute Gasteiger partial charge is 0.389 e. The lowest BCUT2D eigenvalue weighted by Gasteiger charge is -2.25. The number of nitrogens with one attached hydrogen (secondary N) is 1. The van der Waals surface area contributed by atoms with E-state index in [-0.39, 0.29) is 0 Å². The van der Waals surface area contributed by atoms with Crippen LogP contribution in [0.3, 0.4) is 0 Å². The fourth-order valence-corrected chi connectivity index (χ4v) is 1.69. The molecule has 1 heterocycles. The molecule has 0 radical (unpaired) electrons. The normalized spacial score (nSPS) is 11.6. The number of hydrogen-bond donors (Lipinski definition) is 3. The van der Waals surface area contributed by atoms with Crippen LogP contribution >= 0.6 is 11.3 Å². The summed E-state index contributed by atoms with van der Waals surface area (Å²) >= 11 is 1.39. The van der Waals surface area contributed by atoms with E-state index in [1.165, 1.54) is 11.3 Å². The van der Waals surface area contributed by atoms with Crippen molar-refractivity contribution < 1.29 is 5.11 Å².